The molecule has 3 unspecified atom stereocenters. The largest absolute Gasteiger partial charge is 0.468 e. The summed E-state index contributed by atoms with van der Waals surface area (Å²) in [6.45, 7) is 0. The van der Waals surface area contributed by atoms with E-state index >= 15 is 0 Å². The molecule has 43 heavy (non-hydrogen) atoms. The first-order valence-corrected chi connectivity index (χ1v) is 13.2. The van der Waals surface area contributed by atoms with Gasteiger partial charge in [-0.1, -0.05) is 54.6 Å². The third-order valence-electron chi connectivity index (χ3n) is 7.77. The number of nitrogens with two attached hydrogens (primary N) is 1. The molecule has 1 heterocycles. The first-order valence-electron chi connectivity index (χ1n) is 13.2. The molecule has 0 aromatic heterocycles. The Morgan fingerprint density at radius 3 is 2.23 bits per heavy atom. The summed E-state index contributed by atoms with van der Waals surface area (Å²) < 4.78 is 67.6. The second-order valence-corrected chi connectivity index (χ2v) is 10.1. The SMILES string of the molecule is COC(=O)C1=C(N)N(c2cccc(F)c2)C2=C(C(=O)C(C(=O)OC)C(c3ccccc3)C2)C1c1ccccc1C(F)(F)F. The average molecular weight is 595 g/mol. The topological polar surface area (TPSA) is 98.9 Å². The van der Waals surface area contributed by atoms with Gasteiger partial charge in [0.2, 0.25) is 0 Å². The van der Waals surface area contributed by atoms with Gasteiger partial charge in [0.15, 0.2) is 5.78 Å². The summed E-state index contributed by atoms with van der Waals surface area (Å²) in [5.41, 5.74) is 5.16. The number of rotatable bonds is 5. The summed E-state index contributed by atoms with van der Waals surface area (Å²) in [6, 6.07) is 18.3. The van der Waals surface area contributed by atoms with Crippen LogP contribution in [0.25, 0.3) is 0 Å². The van der Waals surface area contributed by atoms with Crippen LogP contribution in [0.1, 0.15) is 34.9 Å². The Bertz CT molecular complexity index is 1670. The second kappa shape index (κ2) is 11.4. The monoisotopic (exact) mass is 594 g/mol. The smallest absolute Gasteiger partial charge is 0.416 e. The normalized spacial score (nSPS) is 20.6. The van der Waals surface area contributed by atoms with Gasteiger partial charge in [-0.3, -0.25) is 14.5 Å². The molecule has 0 saturated heterocycles. The summed E-state index contributed by atoms with van der Waals surface area (Å²) in [5.74, 6) is -7.78. The fourth-order valence-corrected chi connectivity index (χ4v) is 5.98. The van der Waals surface area contributed by atoms with E-state index in [0.29, 0.717) is 5.56 Å². The quantitative estimate of drug-likeness (QED) is 0.234. The summed E-state index contributed by atoms with van der Waals surface area (Å²) in [6.07, 6.45) is -4.96. The fraction of sp³-hybridized carbons (Fsp3) is 0.219. The van der Waals surface area contributed by atoms with Crippen molar-refractivity contribution >= 4 is 23.4 Å². The summed E-state index contributed by atoms with van der Waals surface area (Å²) in [5, 5.41) is 0. The lowest BCUT2D eigenvalue weighted by molar-refractivity contribution is -0.150. The highest BCUT2D eigenvalue weighted by Crippen LogP contribution is 2.53. The number of anilines is 1. The van der Waals surface area contributed by atoms with Gasteiger partial charge in [-0.15, -0.1) is 0 Å². The highest BCUT2D eigenvalue weighted by Gasteiger charge is 2.52. The van der Waals surface area contributed by atoms with Crippen molar-refractivity contribution in [1.29, 1.82) is 0 Å². The van der Waals surface area contributed by atoms with E-state index in [0.717, 1.165) is 32.4 Å². The molecule has 3 aromatic rings. The molecule has 1 aliphatic carbocycles. The highest BCUT2D eigenvalue weighted by atomic mass is 19.4. The number of ketones is 1. The van der Waals surface area contributed by atoms with E-state index in [-0.39, 0.29) is 29.2 Å². The Morgan fingerprint density at radius 2 is 1.60 bits per heavy atom. The first kappa shape index (κ1) is 29.6. The molecule has 11 heteroatoms. The van der Waals surface area contributed by atoms with Crippen molar-refractivity contribution < 1.29 is 41.4 Å². The standard InChI is InChI=1S/C32H26F4N2O5/c1-42-30(40)25-21(17-9-4-3-5-10-17)16-23-26(28(25)39)24(20-13-6-7-14-22(20)32(34,35)36)27(31(41)43-2)29(37)38(23)19-12-8-11-18(33)15-19/h3-15,21,24-25H,16,37H2,1-2H3. The van der Waals surface area contributed by atoms with Gasteiger partial charge in [0.1, 0.15) is 17.6 Å². The maximum atomic E-state index is 14.5. The Kier molecular flexibility index (Phi) is 7.83. The van der Waals surface area contributed by atoms with Crippen LogP contribution in [0, 0.1) is 11.7 Å². The van der Waals surface area contributed by atoms with E-state index in [1.54, 1.807) is 30.3 Å². The van der Waals surface area contributed by atoms with Crippen LogP contribution in [0.15, 0.2) is 102 Å². The minimum atomic E-state index is -4.88. The number of carbonyl (C=O) groups is 3. The van der Waals surface area contributed by atoms with E-state index in [4.69, 9.17) is 15.2 Å². The number of alkyl halides is 3. The Morgan fingerprint density at radius 1 is 0.930 bits per heavy atom. The van der Waals surface area contributed by atoms with Crippen molar-refractivity contribution in [3.05, 3.63) is 124 Å². The predicted molar refractivity (Wildman–Crippen MR) is 148 cm³/mol. The van der Waals surface area contributed by atoms with Crippen LogP contribution in [-0.2, 0) is 30.0 Å². The number of esters is 2. The molecule has 1 aliphatic heterocycles. The molecule has 0 radical (unpaired) electrons. The minimum Gasteiger partial charge on any atom is -0.468 e. The predicted octanol–water partition coefficient (Wildman–Crippen LogP) is 5.59. The van der Waals surface area contributed by atoms with E-state index in [1.807, 2.05) is 0 Å². The molecule has 7 nitrogen and oxygen atoms in total. The van der Waals surface area contributed by atoms with E-state index in [1.165, 1.54) is 35.2 Å². The van der Waals surface area contributed by atoms with Crippen molar-refractivity contribution in [3.8, 4) is 0 Å². The molecule has 0 saturated carbocycles. The lowest BCUT2D eigenvalue weighted by Gasteiger charge is -2.44. The molecule has 0 spiro atoms. The van der Waals surface area contributed by atoms with Gasteiger partial charge in [-0.05, 0) is 41.8 Å². The summed E-state index contributed by atoms with van der Waals surface area (Å²) in [4.78, 5) is 42.4. The molecule has 222 valence electrons. The second-order valence-electron chi connectivity index (χ2n) is 10.1. The molecular weight excluding hydrogens is 568 g/mol. The molecule has 3 atom stereocenters. The number of allylic oxidation sites excluding steroid dienone is 2. The van der Waals surface area contributed by atoms with Crippen molar-refractivity contribution in [2.45, 2.75) is 24.4 Å². The van der Waals surface area contributed by atoms with Gasteiger partial charge >= 0.3 is 18.1 Å². The van der Waals surface area contributed by atoms with Crippen LogP contribution in [0.3, 0.4) is 0 Å². The van der Waals surface area contributed by atoms with E-state index in [9.17, 15) is 31.9 Å². The molecule has 0 bridgehead atoms. The molecular formula is C32H26F4N2O5. The average Bonchev–Trinajstić information content (AvgIpc) is 2.99. The zero-order valence-electron chi connectivity index (χ0n) is 23.0. The Balaban J connectivity index is 1.88. The number of hydrogen-bond donors (Lipinski definition) is 1. The number of ether oxygens (including phenoxy) is 2. The van der Waals surface area contributed by atoms with Crippen LogP contribution in [-0.4, -0.2) is 31.9 Å². The highest BCUT2D eigenvalue weighted by molar-refractivity contribution is 6.14. The maximum absolute atomic E-state index is 14.5. The number of carbonyl (C=O) groups excluding carboxylic acids is 3. The minimum absolute atomic E-state index is 0.0821. The molecule has 5 rings (SSSR count). The molecule has 3 aromatic carbocycles. The number of hydrogen-bond acceptors (Lipinski definition) is 7. The van der Waals surface area contributed by atoms with E-state index < -0.39 is 64.2 Å². The van der Waals surface area contributed by atoms with Gasteiger partial charge in [-0.2, -0.15) is 13.2 Å². The number of halogens is 4. The third-order valence-corrected chi connectivity index (χ3v) is 7.77. The summed E-state index contributed by atoms with van der Waals surface area (Å²) >= 11 is 0. The lowest BCUT2D eigenvalue weighted by Crippen LogP contribution is -2.46. The van der Waals surface area contributed by atoms with Crippen molar-refractivity contribution in [2.75, 3.05) is 19.1 Å². The van der Waals surface area contributed by atoms with Gasteiger partial charge < -0.3 is 15.2 Å². The zero-order chi connectivity index (χ0) is 31.1. The number of nitrogens with zero attached hydrogens (tertiary/aromatic N) is 1. The van der Waals surface area contributed by atoms with Crippen molar-refractivity contribution in [3.63, 3.8) is 0 Å². The van der Waals surface area contributed by atoms with Crippen LogP contribution < -0.4 is 10.6 Å². The number of Topliss-reactive ketones (excluding diaryl/α,β-unsaturated/α-hetero) is 1. The molecule has 0 amide bonds. The van der Waals surface area contributed by atoms with E-state index in [2.05, 4.69) is 0 Å². The molecule has 2 N–H and O–H groups in total. The summed E-state index contributed by atoms with van der Waals surface area (Å²) in [7, 11) is 2.13. The zero-order valence-corrected chi connectivity index (χ0v) is 23.0. The maximum Gasteiger partial charge on any atom is 0.416 e. The van der Waals surface area contributed by atoms with Crippen LogP contribution >= 0.6 is 0 Å². The third kappa shape index (κ3) is 5.15. The van der Waals surface area contributed by atoms with Gasteiger partial charge in [0.05, 0.1) is 37.0 Å². The Hall–Kier alpha value is -4.93. The van der Waals surface area contributed by atoms with Crippen molar-refractivity contribution in [2.24, 2.45) is 11.7 Å². The molecule has 0 fully saturated rings. The Labute approximate surface area is 244 Å². The van der Waals surface area contributed by atoms with Crippen molar-refractivity contribution in [1.82, 2.24) is 0 Å². The van der Waals surface area contributed by atoms with Crippen LogP contribution in [0.5, 0.6) is 0 Å². The fourth-order valence-electron chi connectivity index (χ4n) is 5.98. The van der Waals surface area contributed by atoms with Gasteiger partial charge in [0.25, 0.3) is 0 Å². The van der Waals surface area contributed by atoms with Crippen LogP contribution in [0.2, 0.25) is 0 Å². The lowest BCUT2D eigenvalue weighted by atomic mass is 9.66. The molecule has 2 aliphatic rings. The first-order chi connectivity index (χ1) is 20.5. The number of methoxy groups -OCH3 is 2. The number of benzene rings is 3. The van der Waals surface area contributed by atoms with Crippen LogP contribution in [0.4, 0.5) is 23.2 Å². The van der Waals surface area contributed by atoms with Gasteiger partial charge in [-0.25, -0.2) is 9.18 Å². The van der Waals surface area contributed by atoms with Gasteiger partial charge in [0, 0.05) is 17.2 Å².